The van der Waals surface area contributed by atoms with E-state index >= 15 is 0 Å². The molecule has 0 saturated carbocycles. The fourth-order valence-electron chi connectivity index (χ4n) is 3.85. The average molecular weight is 556 g/mol. The first-order chi connectivity index (χ1) is 18.6. The quantitative estimate of drug-likeness (QED) is 0.308. The Morgan fingerprint density at radius 1 is 0.949 bits per heavy atom. The van der Waals surface area contributed by atoms with Crippen molar-refractivity contribution in [3.63, 3.8) is 0 Å². The van der Waals surface area contributed by atoms with Gasteiger partial charge in [0, 0.05) is 18.7 Å². The van der Waals surface area contributed by atoms with Crippen LogP contribution in [0.25, 0.3) is 0 Å². The van der Waals surface area contributed by atoms with E-state index in [2.05, 4.69) is 5.32 Å². The van der Waals surface area contributed by atoms with Crippen molar-refractivity contribution in [1.29, 1.82) is 0 Å². The first-order valence-corrected chi connectivity index (χ1v) is 14.6. The molecule has 1 unspecified atom stereocenters. The van der Waals surface area contributed by atoms with E-state index < -0.39 is 40.2 Å². The molecule has 0 fully saturated rings. The fraction of sp³-hybridized carbons (Fsp3) is 0.310. The number of halogens is 1. The maximum absolute atomic E-state index is 14.5. The van der Waals surface area contributed by atoms with Crippen LogP contribution < -0.4 is 14.4 Å². The summed E-state index contributed by atoms with van der Waals surface area (Å²) in [5.74, 6) is -0.464. The number of benzene rings is 3. The summed E-state index contributed by atoms with van der Waals surface area (Å²) in [6.07, 6.45) is 2.65. The summed E-state index contributed by atoms with van der Waals surface area (Å²) in [5, 5.41) is 2.79. The lowest BCUT2D eigenvalue weighted by Crippen LogP contribution is -2.51. The summed E-state index contributed by atoms with van der Waals surface area (Å²) in [6, 6.07) is 20.4. The molecule has 39 heavy (non-hydrogen) atoms. The van der Waals surface area contributed by atoms with Crippen LogP contribution in [0.4, 0.5) is 10.1 Å². The molecule has 0 aliphatic heterocycles. The third kappa shape index (κ3) is 8.54. The van der Waals surface area contributed by atoms with Gasteiger partial charge < -0.3 is 15.0 Å². The van der Waals surface area contributed by atoms with Crippen LogP contribution in [0, 0.1) is 5.82 Å². The Morgan fingerprint density at radius 3 is 2.18 bits per heavy atom. The van der Waals surface area contributed by atoms with Crippen molar-refractivity contribution >= 4 is 27.5 Å². The summed E-state index contributed by atoms with van der Waals surface area (Å²) < 4.78 is 46.7. The first-order valence-electron chi connectivity index (χ1n) is 12.7. The Morgan fingerprint density at radius 2 is 1.56 bits per heavy atom. The predicted octanol–water partition coefficient (Wildman–Crippen LogP) is 4.72. The molecule has 0 aliphatic carbocycles. The molecule has 1 N–H and O–H groups in total. The summed E-state index contributed by atoms with van der Waals surface area (Å²) >= 11 is 0. The largest absolute Gasteiger partial charge is 0.457 e. The fourth-order valence-corrected chi connectivity index (χ4v) is 4.70. The third-order valence-electron chi connectivity index (χ3n) is 6.08. The van der Waals surface area contributed by atoms with E-state index in [-0.39, 0.29) is 17.8 Å². The van der Waals surface area contributed by atoms with Crippen molar-refractivity contribution in [1.82, 2.24) is 10.2 Å². The minimum absolute atomic E-state index is 0.199. The van der Waals surface area contributed by atoms with E-state index in [1.165, 1.54) is 35.2 Å². The number of nitrogens with zero attached hydrogens (tertiary/aromatic N) is 2. The van der Waals surface area contributed by atoms with Crippen LogP contribution in [0.5, 0.6) is 11.5 Å². The minimum atomic E-state index is -3.89. The molecule has 10 heteroatoms. The van der Waals surface area contributed by atoms with Crippen LogP contribution in [0.2, 0.25) is 0 Å². The van der Waals surface area contributed by atoms with Gasteiger partial charge in [0.2, 0.25) is 21.8 Å². The van der Waals surface area contributed by atoms with Crippen molar-refractivity contribution in [2.75, 3.05) is 23.7 Å². The normalized spacial score (nSPS) is 11.9. The number of hydrogen-bond donors (Lipinski definition) is 1. The zero-order valence-corrected chi connectivity index (χ0v) is 23.2. The number of carbonyl (C=O) groups excluding carboxylic acids is 2. The lowest BCUT2D eigenvalue weighted by molar-refractivity contribution is -0.139. The van der Waals surface area contributed by atoms with Gasteiger partial charge >= 0.3 is 0 Å². The first kappa shape index (κ1) is 29.6. The van der Waals surface area contributed by atoms with Crippen LogP contribution in [0.15, 0.2) is 78.9 Å². The zero-order valence-electron chi connectivity index (χ0n) is 22.3. The molecule has 3 aromatic carbocycles. The second kappa shape index (κ2) is 13.7. The van der Waals surface area contributed by atoms with E-state index in [4.69, 9.17) is 4.74 Å². The van der Waals surface area contributed by atoms with E-state index in [0.717, 1.165) is 23.4 Å². The lowest BCUT2D eigenvalue weighted by atomic mass is 10.1. The van der Waals surface area contributed by atoms with E-state index in [1.807, 2.05) is 25.1 Å². The molecule has 0 aromatic heterocycles. The zero-order chi connectivity index (χ0) is 28.4. The smallest absolute Gasteiger partial charge is 0.244 e. The number of anilines is 1. The predicted molar refractivity (Wildman–Crippen MR) is 149 cm³/mol. The molecule has 0 radical (unpaired) electrons. The number of unbranched alkanes of at least 4 members (excludes halogenated alkanes) is 1. The van der Waals surface area contributed by atoms with E-state index in [9.17, 15) is 22.4 Å². The summed E-state index contributed by atoms with van der Waals surface area (Å²) in [5.41, 5.74) is 0.463. The van der Waals surface area contributed by atoms with Gasteiger partial charge in [0.15, 0.2) is 0 Å². The highest BCUT2D eigenvalue weighted by molar-refractivity contribution is 7.92. The number of para-hydroxylation sites is 1. The third-order valence-corrected chi connectivity index (χ3v) is 7.22. The Bertz CT molecular complexity index is 1350. The number of ether oxygens (including phenoxy) is 1. The molecule has 3 aromatic rings. The van der Waals surface area contributed by atoms with Gasteiger partial charge in [-0.1, -0.05) is 49.7 Å². The van der Waals surface area contributed by atoms with Crippen molar-refractivity contribution < 1.29 is 27.1 Å². The maximum atomic E-state index is 14.5. The topological polar surface area (TPSA) is 96.0 Å². The SMILES string of the molecule is CCCCNC(=O)C(C)N(Cc1ccccc1F)C(=O)CN(c1ccc(Oc2ccccc2)cc1)S(C)(=O)=O. The highest BCUT2D eigenvalue weighted by atomic mass is 32.2. The number of amides is 2. The monoisotopic (exact) mass is 555 g/mol. The Kier molecular flexibility index (Phi) is 10.4. The molecule has 0 spiro atoms. The summed E-state index contributed by atoms with van der Waals surface area (Å²) in [6.45, 7) is 3.20. The van der Waals surface area contributed by atoms with Crippen LogP contribution in [-0.2, 0) is 26.2 Å². The highest BCUT2D eigenvalue weighted by Crippen LogP contribution is 2.26. The molecule has 2 amide bonds. The highest BCUT2D eigenvalue weighted by Gasteiger charge is 2.30. The van der Waals surface area contributed by atoms with Crippen LogP contribution >= 0.6 is 0 Å². The molecular weight excluding hydrogens is 521 g/mol. The molecule has 3 rings (SSSR count). The van der Waals surface area contributed by atoms with Gasteiger partial charge in [0.25, 0.3) is 0 Å². The van der Waals surface area contributed by atoms with Crippen molar-refractivity contribution in [3.05, 3.63) is 90.2 Å². The molecular formula is C29H34FN3O5S. The van der Waals surface area contributed by atoms with Gasteiger partial charge in [0.1, 0.15) is 29.9 Å². The molecule has 0 heterocycles. The van der Waals surface area contributed by atoms with Crippen LogP contribution in [0.3, 0.4) is 0 Å². The van der Waals surface area contributed by atoms with Gasteiger partial charge in [-0.3, -0.25) is 13.9 Å². The number of rotatable bonds is 13. The molecule has 208 valence electrons. The molecule has 0 aliphatic rings. The van der Waals surface area contributed by atoms with E-state index in [0.29, 0.717) is 18.0 Å². The Labute approximate surface area is 229 Å². The second-order valence-electron chi connectivity index (χ2n) is 9.11. The maximum Gasteiger partial charge on any atom is 0.244 e. The standard InChI is InChI=1S/C29H34FN3O5S/c1-4-5-19-31-29(35)22(2)32(20-23-11-9-10-14-27(23)30)28(34)21-33(39(3,36)37)24-15-17-26(18-16-24)38-25-12-7-6-8-13-25/h6-18,22H,4-5,19-21H2,1-3H3,(H,31,35). The van der Waals surface area contributed by atoms with Crippen LogP contribution in [0.1, 0.15) is 32.3 Å². The molecule has 1 atom stereocenters. The average Bonchev–Trinajstić information content (AvgIpc) is 2.91. The molecule has 0 bridgehead atoms. The van der Waals surface area contributed by atoms with E-state index in [1.54, 1.807) is 37.3 Å². The number of nitrogens with one attached hydrogen (secondary N) is 1. The Balaban J connectivity index is 1.85. The van der Waals surface area contributed by atoms with Crippen molar-refractivity contribution in [3.8, 4) is 11.5 Å². The minimum Gasteiger partial charge on any atom is -0.457 e. The van der Waals surface area contributed by atoms with Gasteiger partial charge in [-0.2, -0.15) is 0 Å². The van der Waals surface area contributed by atoms with Gasteiger partial charge in [-0.15, -0.1) is 0 Å². The van der Waals surface area contributed by atoms with Gasteiger partial charge in [-0.05, 0) is 55.8 Å². The number of hydrogen-bond acceptors (Lipinski definition) is 5. The van der Waals surface area contributed by atoms with Gasteiger partial charge in [-0.25, -0.2) is 12.8 Å². The Hall–Kier alpha value is -3.92. The molecule has 8 nitrogen and oxygen atoms in total. The summed E-state index contributed by atoms with van der Waals surface area (Å²) in [4.78, 5) is 27.6. The lowest BCUT2D eigenvalue weighted by Gasteiger charge is -2.31. The van der Waals surface area contributed by atoms with Crippen molar-refractivity contribution in [2.45, 2.75) is 39.3 Å². The number of carbonyl (C=O) groups is 2. The number of sulfonamides is 1. The summed E-state index contributed by atoms with van der Waals surface area (Å²) in [7, 11) is -3.89. The van der Waals surface area contributed by atoms with Crippen molar-refractivity contribution in [2.24, 2.45) is 0 Å². The van der Waals surface area contributed by atoms with Crippen LogP contribution in [-0.4, -0.2) is 50.5 Å². The molecule has 0 saturated heterocycles. The second-order valence-corrected chi connectivity index (χ2v) is 11.0. The van der Waals surface area contributed by atoms with Gasteiger partial charge in [0.05, 0.1) is 11.9 Å².